The quantitative estimate of drug-likeness (QED) is 0.613. The Morgan fingerprint density at radius 2 is 1.70 bits per heavy atom. The van der Waals surface area contributed by atoms with Gasteiger partial charge in [0.05, 0.1) is 13.2 Å². The minimum Gasteiger partial charge on any atom is -0.496 e. The largest absolute Gasteiger partial charge is 0.496 e. The highest BCUT2D eigenvalue weighted by molar-refractivity contribution is 6.11. The molecule has 1 aromatic rings. The standard InChI is InChI=1S/C25H34N2O3/c1-17-14-19(15-22(29-3)18(17)2)16-23-24(28)27(21-12-8-5-9-13-21)25(30-23)26-20-10-6-4-7-11-20/h14-16,20-21H,4-13H2,1-3H3/b23-16+,26-25+. The van der Waals surface area contributed by atoms with Gasteiger partial charge < -0.3 is 9.47 Å². The van der Waals surface area contributed by atoms with E-state index in [1.165, 1.54) is 38.5 Å². The summed E-state index contributed by atoms with van der Waals surface area (Å²) < 4.78 is 11.6. The smallest absolute Gasteiger partial charge is 0.300 e. The number of nitrogens with zero attached hydrogens (tertiary/aromatic N) is 2. The molecule has 0 N–H and O–H groups in total. The number of methoxy groups -OCH3 is 1. The average molecular weight is 411 g/mol. The molecule has 5 nitrogen and oxygen atoms in total. The maximum Gasteiger partial charge on any atom is 0.300 e. The lowest BCUT2D eigenvalue weighted by atomic mass is 9.94. The molecule has 2 aliphatic carbocycles. The number of benzene rings is 1. The number of amidine groups is 1. The van der Waals surface area contributed by atoms with Gasteiger partial charge in [-0.25, -0.2) is 4.99 Å². The summed E-state index contributed by atoms with van der Waals surface area (Å²) in [4.78, 5) is 20.2. The molecular formula is C25H34N2O3. The number of hydrogen-bond acceptors (Lipinski definition) is 4. The number of aliphatic imine (C=N–C) groups is 1. The number of aryl methyl sites for hydroxylation is 1. The number of ether oxygens (including phenoxy) is 2. The molecule has 0 spiro atoms. The zero-order valence-electron chi connectivity index (χ0n) is 18.6. The topological polar surface area (TPSA) is 51.1 Å². The van der Waals surface area contributed by atoms with Gasteiger partial charge in [-0.15, -0.1) is 0 Å². The van der Waals surface area contributed by atoms with Crippen molar-refractivity contribution in [2.24, 2.45) is 4.99 Å². The number of carbonyl (C=O) groups excluding carboxylic acids is 1. The zero-order valence-corrected chi connectivity index (χ0v) is 18.6. The fourth-order valence-corrected chi connectivity index (χ4v) is 4.90. The second kappa shape index (κ2) is 9.23. The summed E-state index contributed by atoms with van der Waals surface area (Å²) in [5.41, 5.74) is 3.16. The van der Waals surface area contributed by atoms with Crippen molar-refractivity contribution in [1.29, 1.82) is 0 Å². The molecule has 0 bridgehead atoms. The van der Waals surface area contributed by atoms with Crippen LogP contribution in [0.2, 0.25) is 0 Å². The Hall–Kier alpha value is -2.30. The molecular weight excluding hydrogens is 376 g/mol. The van der Waals surface area contributed by atoms with Crippen LogP contribution in [0.3, 0.4) is 0 Å². The van der Waals surface area contributed by atoms with Crippen LogP contribution in [0.1, 0.15) is 80.9 Å². The number of carbonyl (C=O) groups is 1. The van der Waals surface area contributed by atoms with Crippen molar-refractivity contribution in [2.75, 3.05) is 7.11 Å². The van der Waals surface area contributed by atoms with Crippen molar-refractivity contribution < 1.29 is 14.3 Å². The molecule has 3 aliphatic rings. The molecule has 30 heavy (non-hydrogen) atoms. The summed E-state index contributed by atoms with van der Waals surface area (Å²) in [5, 5.41) is 0. The van der Waals surface area contributed by atoms with E-state index in [-0.39, 0.29) is 18.0 Å². The van der Waals surface area contributed by atoms with E-state index in [9.17, 15) is 4.79 Å². The first-order valence-electron chi connectivity index (χ1n) is 11.5. The van der Waals surface area contributed by atoms with Gasteiger partial charge in [0.1, 0.15) is 5.75 Å². The Morgan fingerprint density at radius 1 is 1.03 bits per heavy atom. The first-order chi connectivity index (χ1) is 14.6. The van der Waals surface area contributed by atoms with Crippen molar-refractivity contribution in [3.05, 3.63) is 34.6 Å². The summed E-state index contributed by atoms with van der Waals surface area (Å²) >= 11 is 0. The average Bonchev–Trinajstić information content (AvgIpc) is 3.06. The molecule has 3 fully saturated rings. The SMILES string of the molecule is COc1cc(/C=C2/O/C(=N/C3CCCCC3)N(C3CCCCC3)C2=O)cc(C)c1C. The molecule has 0 aromatic heterocycles. The molecule has 0 radical (unpaired) electrons. The van der Waals surface area contributed by atoms with Crippen LogP contribution in [-0.4, -0.2) is 36.0 Å². The van der Waals surface area contributed by atoms with Gasteiger partial charge in [0.2, 0.25) is 0 Å². The van der Waals surface area contributed by atoms with Crippen LogP contribution in [-0.2, 0) is 9.53 Å². The van der Waals surface area contributed by atoms with Gasteiger partial charge in [-0.05, 0) is 68.4 Å². The second-order valence-corrected chi connectivity index (χ2v) is 8.95. The maximum absolute atomic E-state index is 13.4. The van der Waals surface area contributed by atoms with Gasteiger partial charge in [0, 0.05) is 6.04 Å². The van der Waals surface area contributed by atoms with E-state index in [1.807, 2.05) is 24.0 Å². The Labute approximate surface area is 180 Å². The molecule has 5 heteroatoms. The third-order valence-electron chi connectivity index (χ3n) is 6.80. The molecule has 1 saturated heterocycles. The van der Waals surface area contributed by atoms with Crippen LogP contribution in [0.5, 0.6) is 5.75 Å². The van der Waals surface area contributed by atoms with Gasteiger partial charge in [-0.3, -0.25) is 9.69 Å². The van der Waals surface area contributed by atoms with Gasteiger partial charge in [0.15, 0.2) is 5.76 Å². The van der Waals surface area contributed by atoms with Crippen molar-refractivity contribution in [3.8, 4) is 5.75 Å². The molecule has 2 saturated carbocycles. The van der Waals surface area contributed by atoms with Gasteiger partial charge in [0.25, 0.3) is 5.91 Å². The van der Waals surface area contributed by atoms with Crippen molar-refractivity contribution in [3.63, 3.8) is 0 Å². The summed E-state index contributed by atoms with van der Waals surface area (Å²) in [6.07, 6.45) is 13.4. The van der Waals surface area contributed by atoms with E-state index in [0.29, 0.717) is 11.8 Å². The van der Waals surface area contributed by atoms with E-state index >= 15 is 0 Å². The highest BCUT2D eigenvalue weighted by atomic mass is 16.5. The molecule has 1 aliphatic heterocycles. The fourth-order valence-electron chi connectivity index (χ4n) is 4.90. The normalized spacial score (nSPS) is 24.0. The first-order valence-corrected chi connectivity index (χ1v) is 11.5. The highest BCUT2D eigenvalue weighted by Gasteiger charge is 2.40. The van der Waals surface area contributed by atoms with Crippen molar-refractivity contribution in [2.45, 2.75) is 90.1 Å². The van der Waals surface area contributed by atoms with E-state index in [4.69, 9.17) is 14.5 Å². The van der Waals surface area contributed by atoms with Crippen LogP contribution in [0.4, 0.5) is 0 Å². The lowest BCUT2D eigenvalue weighted by molar-refractivity contribution is -0.124. The maximum atomic E-state index is 13.4. The molecule has 0 atom stereocenters. The van der Waals surface area contributed by atoms with E-state index in [2.05, 4.69) is 13.0 Å². The highest BCUT2D eigenvalue weighted by Crippen LogP contribution is 2.32. The molecule has 4 rings (SSSR count). The first kappa shape index (κ1) is 21.0. The third kappa shape index (κ3) is 4.40. The van der Waals surface area contributed by atoms with E-state index in [1.54, 1.807) is 7.11 Å². The number of rotatable bonds is 4. The van der Waals surface area contributed by atoms with Crippen LogP contribution in [0, 0.1) is 13.8 Å². The molecule has 1 heterocycles. The Kier molecular flexibility index (Phi) is 6.45. The minimum absolute atomic E-state index is 0.0475. The molecule has 1 amide bonds. The van der Waals surface area contributed by atoms with Gasteiger partial charge >= 0.3 is 6.02 Å². The Bertz CT molecular complexity index is 846. The van der Waals surface area contributed by atoms with Gasteiger partial charge in [-0.2, -0.15) is 0 Å². The zero-order chi connectivity index (χ0) is 21.1. The van der Waals surface area contributed by atoms with E-state index in [0.717, 1.165) is 48.1 Å². The van der Waals surface area contributed by atoms with Gasteiger partial charge in [-0.1, -0.05) is 44.6 Å². The predicted octanol–water partition coefficient (Wildman–Crippen LogP) is 5.53. The Morgan fingerprint density at radius 3 is 2.37 bits per heavy atom. The minimum atomic E-state index is -0.0475. The fraction of sp³-hybridized carbons (Fsp3) is 0.600. The predicted molar refractivity (Wildman–Crippen MR) is 120 cm³/mol. The van der Waals surface area contributed by atoms with Crippen molar-refractivity contribution >= 4 is 18.0 Å². The molecule has 0 unspecified atom stereocenters. The summed E-state index contributed by atoms with van der Waals surface area (Å²) in [6.45, 7) is 4.10. The molecule has 1 aromatic carbocycles. The summed E-state index contributed by atoms with van der Waals surface area (Å²) in [7, 11) is 1.68. The van der Waals surface area contributed by atoms with Crippen LogP contribution < -0.4 is 4.74 Å². The second-order valence-electron chi connectivity index (χ2n) is 8.95. The lowest BCUT2D eigenvalue weighted by Crippen LogP contribution is -2.41. The van der Waals surface area contributed by atoms with Crippen LogP contribution in [0.25, 0.3) is 6.08 Å². The summed E-state index contributed by atoms with van der Waals surface area (Å²) in [6, 6.07) is 5.04. The Balaban J connectivity index is 1.66. The lowest BCUT2D eigenvalue weighted by Gasteiger charge is -2.29. The number of amides is 1. The summed E-state index contributed by atoms with van der Waals surface area (Å²) in [5.74, 6) is 1.15. The van der Waals surface area contributed by atoms with Crippen LogP contribution in [0.15, 0.2) is 22.9 Å². The number of hydrogen-bond donors (Lipinski definition) is 0. The molecule has 162 valence electrons. The third-order valence-corrected chi connectivity index (χ3v) is 6.80. The van der Waals surface area contributed by atoms with Crippen molar-refractivity contribution in [1.82, 2.24) is 4.90 Å². The van der Waals surface area contributed by atoms with Crippen LogP contribution >= 0.6 is 0 Å². The van der Waals surface area contributed by atoms with E-state index < -0.39 is 0 Å². The monoisotopic (exact) mass is 410 g/mol.